The highest BCUT2D eigenvalue weighted by atomic mass is 16.5. The predicted molar refractivity (Wildman–Crippen MR) is 256 cm³/mol. The van der Waals surface area contributed by atoms with E-state index in [-0.39, 0.29) is 12.2 Å². The van der Waals surface area contributed by atoms with Crippen LogP contribution in [0.5, 0.6) is 0 Å². The molecule has 340 valence electrons. The molecule has 0 aromatic rings. The van der Waals surface area contributed by atoms with Crippen LogP contribution in [0.15, 0.2) is 48.6 Å². The molecule has 0 radical (unpaired) electrons. The summed E-state index contributed by atoms with van der Waals surface area (Å²) in [7, 11) is 0. The summed E-state index contributed by atoms with van der Waals surface area (Å²) in [6.45, 7) is 8.53. The zero-order valence-corrected chi connectivity index (χ0v) is 39.2. The van der Waals surface area contributed by atoms with Crippen molar-refractivity contribution in [2.45, 2.75) is 277 Å². The zero-order chi connectivity index (χ0) is 42.1. The number of ether oxygens (including phenoxy) is 2. The first-order valence-electron chi connectivity index (χ1n) is 25.7. The van der Waals surface area contributed by atoms with E-state index in [1.807, 2.05) is 0 Å². The van der Waals surface area contributed by atoms with Gasteiger partial charge >= 0.3 is 5.97 Å². The summed E-state index contributed by atoms with van der Waals surface area (Å²) in [5.74, 6) is -0.674. The fraction of sp³-hybridized carbons (Fsp3) is 0.833. The first-order valence-corrected chi connectivity index (χ1v) is 25.7. The third-order valence-electron chi connectivity index (χ3n) is 11.5. The van der Waals surface area contributed by atoms with E-state index in [0.717, 1.165) is 83.8 Å². The molecule has 0 saturated carbocycles. The van der Waals surface area contributed by atoms with Crippen LogP contribution in [0.3, 0.4) is 0 Å². The van der Waals surface area contributed by atoms with E-state index in [1.165, 1.54) is 167 Å². The second kappa shape index (κ2) is 49.7. The van der Waals surface area contributed by atoms with E-state index in [1.54, 1.807) is 0 Å². The smallest absolute Gasteiger partial charge is 0.303 e. The van der Waals surface area contributed by atoms with Crippen molar-refractivity contribution in [3.05, 3.63) is 48.6 Å². The molecule has 0 bridgehead atoms. The van der Waals surface area contributed by atoms with Gasteiger partial charge in [-0.25, -0.2) is 0 Å². The highest BCUT2D eigenvalue weighted by Crippen LogP contribution is 2.22. The fourth-order valence-corrected chi connectivity index (χ4v) is 7.68. The van der Waals surface area contributed by atoms with Crippen LogP contribution in [-0.2, 0) is 14.3 Å². The van der Waals surface area contributed by atoms with Gasteiger partial charge in [-0.05, 0) is 96.3 Å². The third kappa shape index (κ3) is 45.4. The molecule has 0 saturated heterocycles. The molecule has 58 heavy (non-hydrogen) atoms. The lowest BCUT2D eigenvalue weighted by atomic mass is 9.99. The van der Waals surface area contributed by atoms with Crippen LogP contribution in [0.25, 0.3) is 0 Å². The average molecular weight is 813 g/mol. The summed E-state index contributed by atoms with van der Waals surface area (Å²) in [5.41, 5.74) is 0. The molecule has 0 amide bonds. The Hall–Kier alpha value is -1.65. The van der Waals surface area contributed by atoms with E-state index in [4.69, 9.17) is 14.6 Å². The van der Waals surface area contributed by atoms with Gasteiger partial charge in [0.05, 0.1) is 12.2 Å². The summed E-state index contributed by atoms with van der Waals surface area (Å²) in [6, 6.07) is 0. The Labute approximate surface area is 363 Å². The highest BCUT2D eigenvalue weighted by molar-refractivity contribution is 5.66. The zero-order valence-electron chi connectivity index (χ0n) is 39.2. The molecule has 0 aromatic carbocycles. The lowest BCUT2D eigenvalue weighted by molar-refractivity contribution is -0.137. The largest absolute Gasteiger partial charge is 0.481 e. The number of unbranched alkanes of at least 4 members (excludes halogenated alkanes) is 27. The minimum atomic E-state index is -0.674. The maximum atomic E-state index is 10.9. The number of carboxylic acids is 1. The molecule has 4 nitrogen and oxygen atoms in total. The summed E-state index contributed by atoms with van der Waals surface area (Å²) in [6.07, 6.45) is 65.1. The van der Waals surface area contributed by atoms with Crippen LogP contribution in [0.4, 0.5) is 0 Å². The minimum absolute atomic E-state index is 0.178. The van der Waals surface area contributed by atoms with Crippen LogP contribution in [0, 0.1) is 0 Å². The van der Waals surface area contributed by atoms with Gasteiger partial charge in [-0.2, -0.15) is 0 Å². The van der Waals surface area contributed by atoms with Crippen LogP contribution in [-0.4, -0.2) is 36.5 Å². The summed E-state index contributed by atoms with van der Waals surface area (Å²) in [5, 5.41) is 9.00. The van der Waals surface area contributed by atoms with Crippen molar-refractivity contribution in [1.29, 1.82) is 0 Å². The maximum absolute atomic E-state index is 10.9. The van der Waals surface area contributed by atoms with E-state index in [9.17, 15) is 4.79 Å². The van der Waals surface area contributed by atoms with Crippen molar-refractivity contribution in [1.82, 2.24) is 0 Å². The Morgan fingerprint density at radius 3 is 1.05 bits per heavy atom. The van der Waals surface area contributed by atoms with Gasteiger partial charge in [-0.3, -0.25) is 4.79 Å². The first-order chi connectivity index (χ1) is 28.7. The number of carboxylic acid groups (broad SMARTS) is 1. The molecule has 0 spiro atoms. The SMILES string of the molecule is CCCCC/C=C\C/C=C\CCCCCCCCOC(CCCCCCCC)C(CCCCCCCC(=O)O)OCCCCCCCC/C=C\C/C=C\CCCCC. The molecule has 0 heterocycles. The van der Waals surface area contributed by atoms with Crippen LogP contribution in [0.1, 0.15) is 265 Å². The quantitative estimate of drug-likeness (QED) is 0.0491. The Morgan fingerprint density at radius 1 is 0.379 bits per heavy atom. The second-order valence-corrected chi connectivity index (χ2v) is 17.2. The van der Waals surface area contributed by atoms with E-state index in [0.29, 0.717) is 6.42 Å². The predicted octanol–water partition coefficient (Wildman–Crippen LogP) is 17.9. The van der Waals surface area contributed by atoms with Crippen molar-refractivity contribution in [2.75, 3.05) is 13.2 Å². The molecule has 0 aliphatic carbocycles. The highest BCUT2D eigenvalue weighted by Gasteiger charge is 2.22. The fourth-order valence-electron chi connectivity index (χ4n) is 7.68. The van der Waals surface area contributed by atoms with Gasteiger partial charge in [0.15, 0.2) is 0 Å². The summed E-state index contributed by atoms with van der Waals surface area (Å²) in [4.78, 5) is 10.9. The van der Waals surface area contributed by atoms with Crippen molar-refractivity contribution in [2.24, 2.45) is 0 Å². The average Bonchev–Trinajstić information content (AvgIpc) is 3.22. The number of carbonyl (C=O) groups is 1. The lowest BCUT2D eigenvalue weighted by Gasteiger charge is -2.28. The molecule has 0 rings (SSSR count). The number of hydrogen-bond donors (Lipinski definition) is 1. The van der Waals surface area contributed by atoms with Gasteiger partial charge in [0.2, 0.25) is 0 Å². The summed E-state index contributed by atoms with van der Waals surface area (Å²) >= 11 is 0. The van der Waals surface area contributed by atoms with E-state index < -0.39 is 5.97 Å². The van der Waals surface area contributed by atoms with Crippen LogP contribution >= 0.6 is 0 Å². The van der Waals surface area contributed by atoms with Gasteiger partial charge in [-0.15, -0.1) is 0 Å². The second-order valence-electron chi connectivity index (χ2n) is 17.2. The normalized spacial score (nSPS) is 13.3. The van der Waals surface area contributed by atoms with Crippen molar-refractivity contribution in [3.8, 4) is 0 Å². The number of allylic oxidation sites excluding steroid dienone is 8. The molecule has 4 heteroatoms. The summed E-state index contributed by atoms with van der Waals surface area (Å²) < 4.78 is 13.5. The van der Waals surface area contributed by atoms with Crippen molar-refractivity contribution >= 4 is 5.97 Å². The number of hydrogen-bond acceptors (Lipinski definition) is 3. The third-order valence-corrected chi connectivity index (χ3v) is 11.5. The molecule has 0 aliphatic rings. The standard InChI is InChI=1S/C54H100O4/c1-4-7-10-13-16-18-20-22-24-26-28-30-32-34-40-45-50-57-52(47-42-37-15-12-9-6-3)53(48-43-38-36-39-44-49-54(55)56)58-51-46-41-35-33-31-29-27-25-23-21-19-17-14-11-8-5-2/h16-19,22-25,52-53H,4-15,20-21,26-51H2,1-3H3,(H,55,56)/b18-16-,19-17-,24-22-,25-23-. The Bertz CT molecular complexity index is 920. The molecule has 2 atom stereocenters. The van der Waals surface area contributed by atoms with E-state index in [2.05, 4.69) is 69.4 Å². The molecule has 0 aromatic heterocycles. The lowest BCUT2D eigenvalue weighted by Crippen LogP contribution is -2.32. The first kappa shape index (κ1) is 56.4. The molecule has 0 fully saturated rings. The Balaban J connectivity index is 4.67. The minimum Gasteiger partial charge on any atom is -0.481 e. The molecular weight excluding hydrogens is 713 g/mol. The van der Waals surface area contributed by atoms with Crippen molar-refractivity contribution in [3.63, 3.8) is 0 Å². The van der Waals surface area contributed by atoms with Crippen LogP contribution in [0.2, 0.25) is 0 Å². The van der Waals surface area contributed by atoms with Crippen LogP contribution < -0.4 is 0 Å². The molecule has 2 unspecified atom stereocenters. The van der Waals surface area contributed by atoms with Gasteiger partial charge < -0.3 is 14.6 Å². The maximum Gasteiger partial charge on any atom is 0.303 e. The topological polar surface area (TPSA) is 55.8 Å². The monoisotopic (exact) mass is 813 g/mol. The molecular formula is C54H100O4. The Morgan fingerprint density at radius 2 is 0.672 bits per heavy atom. The van der Waals surface area contributed by atoms with Gasteiger partial charge in [0.25, 0.3) is 0 Å². The van der Waals surface area contributed by atoms with Crippen molar-refractivity contribution < 1.29 is 19.4 Å². The number of aliphatic carboxylic acids is 1. The van der Waals surface area contributed by atoms with Gasteiger partial charge in [-0.1, -0.05) is 211 Å². The van der Waals surface area contributed by atoms with Gasteiger partial charge in [0.1, 0.15) is 0 Å². The molecule has 1 N–H and O–H groups in total. The number of rotatable bonds is 48. The molecule has 0 aliphatic heterocycles. The van der Waals surface area contributed by atoms with Gasteiger partial charge in [0, 0.05) is 19.6 Å². The van der Waals surface area contributed by atoms with E-state index >= 15 is 0 Å². The Kier molecular flexibility index (Phi) is 48.3.